The Morgan fingerprint density at radius 2 is 1.84 bits per heavy atom. The highest BCUT2D eigenvalue weighted by Crippen LogP contribution is 2.22. The molecular weight excluding hydrogens is 240 g/mol. The lowest BCUT2D eigenvalue weighted by Crippen LogP contribution is -2.18. The van der Waals surface area contributed by atoms with Crippen molar-refractivity contribution in [2.24, 2.45) is 5.84 Å². The predicted octanol–water partition coefficient (Wildman–Crippen LogP) is 1.56. The Hall–Kier alpha value is -1.40. The zero-order valence-corrected chi connectivity index (χ0v) is 12.6. The van der Waals surface area contributed by atoms with Gasteiger partial charge in [0.1, 0.15) is 17.5 Å². The van der Waals surface area contributed by atoms with E-state index < -0.39 is 0 Å². The molecule has 6 nitrogen and oxygen atoms in total. The van der Waals surface area contributed by atoms with Gasteiger partial charge >= 0.3 is 0 Å². The number of aromatic nitrogens is 2. The molecule has 108 valence electrons. The van der Waals surface area contributed by atoms with Gasteiger partial charge in [0.25, 0.3) is 0 Å². The highest BCUT2D eigenvalue weighted by molar-refractivity contribution is 5.56. The average Bonchev–Trinajstić information content (AvgIpc) is 2.35. The number of hydrazine groups is 1. The lowest BCUT2D eigenvalue weighted by molar-refractivity contribution is 0.405. The summed E-state index contributed by atoms with van der Waals surface area (Å²) in [6.07, 6.45) is 1.07. The molecule has 0 aliphatic carbocycles. The molecule has 0 aliphatic heterocycles. The van der Waals surface area contributed by atoms with Crippen molar-refractivity contribution in [3.05, 3.63) is 11.4 Å². The van der Waals surface area contributed by atoms with Crippen LogP contribution in [0.15, 0.2) is 0 Å². The van der Waals surface area contributed by atoms with E-state index in [1.54, 1.807) is 0 Å². The Bertz CT molecular complexity index is 402. The first kappa shape index (κ1) is 15.7. The van der Waals surface area contributed by atoms with Gasteiger partial charge in [-0.3, -0.25) is 0 Å². The van der Waals surface area contributed by atoms with Gasteiger partial charge in [-0.2, -0.15) is 0 Å². The molecule has 1 aromatic rings. The highest BCUT2D eigenvalue weighted by Gasteiger charge is 2.12. The van der Waals surface area contributed by atoms with Gasteiger partial charge in [0, 0.05) is 18.0 Å². The third kappa shape index (κ3) is 4.65. The number of hydrogen-bond acceptors (Lipinski definition) is 6. The quantitative estimate of drug-likeness (QED) is 0.395. The molecule has 0 fully saturated rings. The summed E-state index contributed by atoms with van der Waals surface area (Å²) >= 11 is 0. The standard InChI is InChI=1S/C13H26N6/c1-9(2)11-16-12(10(3)13(17-11)18-14)15-7-6-8-19(4)5/h9H,6-8,14H2,1-5H3,(H2,15,16,17,18). The molecule has 1 aromatic heterocycles. The molecule has 1 heterocycles. The van der Waals surface area contributed by atoms with Crippen LogP contribution in [0.4, 0.5) is 11.6 Å². The maximum Gasteiger partial charge on any atom is 0.148 e. The van der Waals surface area contributed by atoms with Crippen molar-refractivity contribution in [1.29, 1.82) is 0 Å². The van der Waals surface area contributed by atoms with Crippen LogP contribution in [0, 0.1) is 6.92 Å². The Labute approximate surface area is 115 Å². The summed E-state index contributed by atoms with van der Waals surface area (Å²) in [6, 6.07) is 0. The van der Waals surface area contributed by atoms with Crippen molar-refractivity contribution >= 4 is 11.6 Å². The normalized spacial score (nSPS) is 11.2. The van der Waals surface area contributed by atoms with Crippen LogP contribution >= 0.6 is 0 Å². The summed E-state index contributed by atoms with van der Waals surface area (Å²) in [5, 5.41) is 3.36. The molecule has 0 aromatic carbocycles. The maximum atomic E-state index is 5.51. The summed E-state index contributed by atoms with van der Waals surface area (Å²) in [5.41, 5.74) is 3.60. The number of rotatable bonds is 7. The van der Waals surface area contributed by atoms with Crippen molar-refractivity contribution in [3.8, 4) is 0 Å². The molecule has 0 saturated heterocycles. The lowest BCUT2D eigenvalue weighted by atomic mass is 10.2. The molecule has 0 atom stereocenters. The Morgan fingerprint density at radius 1 is 1.21 bits per heavy atom. The summed E-state index contributed by atoms with van der Waals surface area (Å²) < 4.78 is 0. The maximum absolute atomic E-state index is 5.51. The molecule has 0 radical (unpaired) electrons. The largest absolute Gasteiger partial charge is 0.370 e. The van der Waals surface area contributed by atoms with Gasteiger partial charge in [0.15, 0.2) is 0 Å². The third-order valence-corrected chi connectivity index (χ3v) is 2.89. The van der Waals surface area contributed by atoms with Gasteiger partial charge < -0.3 is 15.6 Å². The van der Waals surface area contributed by atoms with Crippen LogP contribution in [-0.2, 0) is 0 Å². The van der Waals surface area contributed by atoms with Crippen LogP contribution < -0.4 is 16.6 Å². The number of nitrogens with two attached hydrogens (primary N) is 1. The number of anilines is 2. The van der Waals surface area contributed by atoms with Crippen LogP contribution in [-0.4, -0.2) is 42.1 Å². The first-order valence-electron chi connectivity index (χ1n) is 6.69. The third-order valence-electron chi connectivity index (χ3n) is 2.89. The van der Waals surface area contributed by atoms with E-state index >= 15 is 0 Å². The van der Waals surface area contributed by atoms with Crippen LogP contribution in [0.1, 0.15) is 37.6 Å². The van der Waals surface area contributed by atoms with E-state index in [1.165, 1.54) is 0 Å². The van der Waals surface area contributed by atoms with E-state index in [4.69, 9.17) is 5.84 Å². The number of nitrogens with zero attached hydrogens (tertiary/aromatic N) is 3. The average molecular weight is 266 g/mol. The van der Waals surface area contributed by atoms with Gasteiger partial charge in [-0.1, -0.05) is 13.8 Å². The molecule has 6 heteroatoms. The number of nitrogens with one attached hydrogen (secondary N) is 2. The second kappa shape index (κ2) is 7.25. The van der Waals surface area contributed by atoms with Crippen molar-refractivity contribution in [3.63, 3.8) is 0 Å². The summed E-state index contributed by atoms with van der Waals surface area (Å²) in [6.45, 7) is 8.04. The number of nitrogen functional groups attached to an aromatic ring is 1. The fraction of sp³-hybridized carbons (Fsp3) is 0.692. The monoisotopic (exact) mass is 266 g/mol. The van der Waals surface area contributed by atoms with Crippen LogP contribution in [0.3, 0.4) is 0 Å². The molecular formula is C13H26N6. The van der Waals surface area contributed by atoms with E-state index in [1.807, 2.05) is 6.92 Å². The SMILES string of the molecule is Cc1c(NN)nc(C(C)C)nc1NCCCN(C)C. The van der Waals surface area contributed by atoms with E-state index in [-0.39, 0.29) is 5.92 Å². The summed E-state index contributed by atoms with van der Waals surface area (Å²) in [5.74, 6) is 8.14. The minimum atomic E-state index is 0.273. The van der Waals surface area contributed by atoms with Gasteiger partial charge in [-0.25, -0.2) is 15.8 Å². The Kier molecular flexibility index (Phi) is 5.98. The molecule has 0 amide bonds. The fourth-order valence-corrected chi connectivity index (χ4v) is 1.71. The Balaban J connectivity index is 2.78. The van der Waals surface area contributed by atoms with Crippen molar-refractivity contribution in [1.82, 2.24) is 14.9 Å². The van der Waals surface area contributed by atoms with Gasteiger partial charge in [0.2, 0.25) is 0 Å². The van der Waals surface area contributed by atoms with E-state index in [0.717, 1.165) is 36.7 Å². The Morgan fingerprint density at radius 3 is 2.37 bits per heavy atom. The van der Waals surface area contributed by atoms with E-state index in [9.17, 15) is 0 Å². The van der Waals surface area contributed by atoms with Crippen LogP contribution in [0.25, 0.3) is 0 Å². The highest BCUT2D eigenvalue weighted by atomic mass is 15.3. The molecule has 0 bridgehead atoms. The zero-order chi connectivity index (χ0) is 14.4. The minimum Gasteiger partial charge on any atom is -0.370 e. The minimum absolute atomic E-state index is 0.273. The van der Waals surface area contributed by atoms with Crippen LogP contribution in [0.2, 0.25) is 0 Å². The van der Waals surface area contributed by atoms with E-state index in [0.29, 0.717) is 5.82 Å². The van der Waals surface area contributed by atoms with Gasteiger partial charge in [-0.15, -0.1) is 0 Å². The van der Waals surface area contributed by atoms with Crippen molar-refractivity contribution in [2.45, 2.75) is 33.1 Å². The van der Waals surface area contributed by atoms with Gasteiger partial charge in [-0.05, 0) is 34.0 Å². The van der Waals surface area contributed by atoms with Crippen LogP contribution in [0.5, 0.6) is 0 Å². The molecule has 0 spiro atoms. The molecule has 0 unspecified atom stereocenters. The molecule has 0 saturated carbocycles. The second-order valence-corrected chi connectivity index (χ2v) is 5.29. The first-order valence-corrected chi connectivity index (χ1v) is 6.69. The zero-order valence-electron chi connectivity index (χ0n) is 12.6. The predicted molar refractivity (Wildman–Crippen MR) is 80.3 cm³/mol. The lowest BCUT2D eigenvalue weighted by Gasteiger charge is -2.15. The molecule has 1 rings (SSSR count). The molecule has 4 N–H and O–H groups in total. The van der Waals surface area contributed by atoms with Crippen molar-refractivity contribution < 1.29 is 0 Å². The summed E-state index contributed by atoms with van der Waals surface area (Å²) in [7, 11) is 4.15. The molecule has 0 aliphatic rings. The fourth-order valence-electron chi connectivity index (χ4n) is 1.71. The first-order chi connectivity index (χ1) is 8.95. The summed E-state index contributed by atoms with van der Waals surface area (Å²) in [4.78, 5) is 11.1. The van der Waals surface area contributed by atoms with Gasteiger partial charge in [0.05, 0.1) is 0 Å². The number of hydrogen-bond donors (Lipinski definition) is 3. The second-order valence-electron chi connectivity index (χ2n) is 5.29. The smallest absolute Gasteiger partial charge is 0.148 e. The van der Waals surface area contributed by atoms with E-state index in [2.05, 4.69) is 53.6 Å². The van der Waals surface area contributed by atoms with Crippen molar-refractivity contribution in [2.75, 3.05) is 37.9 Å². The topological polar surface area (TPSA) is 79.1 Å². The molecule has 19 heavy (non-hydrogen) atoms.